The van der Waals surface area contributed by atoms with E-state index in [1.165, 1.54) is 4.68 Å². The van der Waals surface area contributed by atoms with Gasteiger partial charge in [-0.05, 0) is 31.2 Å². The number of morpholine rings is 1. The lowest BCUT2D eigenvalue weighted by molar-refractivity contribution is 0.0358. The standard InChI is InChI=1S/C20H24N4O3/c1-15(25)17-14-16-4-2-3-7-23(16)20(17)18-5-6-19(26)24(21-18)9-8-22-10-12-27-13-11-22/h2-7,14-15,25H,8-13H2,1H3. The maximum atomic E-state index is 12.3. The first-order valence-corrected chi connectivity index (χ1v) is 9.30. The fourth-order valence-corrected chi connectivity index (χ4v) is 3.53. The predicted octanol–water partition coefficient (Wildman–Crippen LogP) is 1.55. The van der Waals surface area contributed by atoms with Crippen LogP contribution >= 0.6 is 0 Å². The lowest BCUT2D eigenvalue weighted by Gasteiger charge is -2.26. The zero-order chi connectivity index (χ0) is 18.8. The molecule has 4 heterocycles. The molecule has 1 unspecified atom stereocenters. The molecule has 3 aromatic heterocycles. The summed E-state index contributed by atoms with van der Waals surface area (Å²) in [5.74, 6) is 0. The van der Waals surface area contributed by atoms with Gasteiger partial charge in [-0.1, -0.05) is 6.07 Å². The van der Waals surface area contributed by atoms with Crippen LogP contribution in [0.25, 0.3) is 16.9 Å². The molecule has 7 heteroatoms. The van der Waals surface area contributed by atoms with Crippen molar-refractivity contribution < 1.29 is 9.84 Å². The van der Waals surface area contributed by atoms with Crippen LogP contribution in [0.2, 0.25) is 0 Å². The van der Waals surface area contributed by atoms with Crippen molar-refractivity contribution in [2.24, 2.45) is 0 Å². The molecule has 0 spiro atoms. The SMILES string of the molecule is CC(O)c1cc2ccccn2c1-c1ccc(=O)n(CCN2CCOCC2)n1. The molecule has 1 N–H and O–H groups in total. The summed E-state index contributed by atoms with van der Waals surface area (Å²) in [7, 11) is 0. The van der Waals surface area contributed by atoms with Gasteiger partial charge >= 0.3 is 0 Å². The van der Waals surface area contributed by atoms with Crippen LogP contribution in [-0.4, -0.2) is 57.0 Å². The molecule has 0 radical (unpaired) electrons. The summed E-state index contributed by atoms with van der Waals surface area (Å²) in [6, 6.07) is 11.1. The lowest BCUT2D eigenvalue weighted by atomic mass is 10.1. The zero-order valence-corrected chi connectivity index (χ0v) is 15.4. The molecular formula is C20H24N4O3. The number of ether oxygens (including phenoxy) is 1. The minimum Gasteiger partial charge on any atom is -0.389 e. The van der Waals surface area contributed by atoms with Gasteiger partial charge in [-0.3, -0.25) is 9.69 Å². The molecule has 1 aliphatic heterocycles. The summed E-state index contributed by atoms with van der Waals surface area (Å²) in [6.45, 7) is 6.25. The van der Waals surface area contributed by atoms with Gasteiger partial charge in [0, 0.05) is 43.0 Å². The minimum atomic E-state index is -0.629. The molecule has 4 rings (SSSR count). The van der Waals surface area contributed by atoms with Crippen molar-refractivity contribution in [2.75, 3.05) is 32.8 Å². The first-order chi connectivity index (χ1) is 13.1. The van der Waals surface area contributed by atoms with Crippen molar-refractivity contribution in [3.05, 3.63) is 58.5 Å². The van der Waals surface area contributed by atoms with Crippen molar-refractivity contribution in [1.29, 1.82) is 0 Å². The van der Waals surface area contributed by atoms with Gasteiger partial charge in [0.1, 0.15) is 5.69 Å². The zero-order valence-electron chi connectivity index (χ0n) is 15.4. The topological polar surface area (TPSA) is 72.0 Å². The van der Waals surface area contributed by atoms with Crippen LogP contribution in [0.5, 0.6) is 0 Å². The largest absolute Gasteiger partial charge is 0.389 e. The average molecular weight is 368 g/mol. The van der Waals surface area contributed by atoms with Crippen molar-refractivity contribution in [1.82, 2.24) is 19.1 Å². The Morgan fingerprint density at radius 2 is 2.00 bits per heavy atom. The average Bonchev–Trinajstić information content (AvgIpc) is 3.08. The number of fused-ring (bicyclic) bond motifs is 1. The summed E-state index contributed by atoms with van der Waals surface area (Å²) in [5.41, 5.74) is 3.16. The molecule has 0 saturated carbocycles. The first kappa shape index (κ1) is 17.9. The second kappa shape index (κ2) is 7.64. The molecule has 3 aromatic rings. The molecule has 1 saturated heterocycles. The van der Waals surface area contributed by atoms with Crippen LogP contribution in [-0.2, 0) is 11.3 Å². The van der Waals surface area contributed by atoms with Crippen LogP contribution in [0.4, 0.5) is 0 Å². The molecule has 142 valence electrons. The Bertz CT molecular complexity index is 986. The highest BCUT2D eigenvalue weighted by molar-refractivity contribution is 5.69. The van der Waals surface area contributed by atoms with Gasteiger partial charge in [-0.2, -0.15) is 5.10 Å². The summed E-state index contributed by atoms with van der Waals surface area (Å²) >= 11 is 0. The smallest absolute Gasteiger partial charge is 0.266 e. The Balaban J connectivity index is 1.69. The molecular weight excluding hydrogens is 344 g/mol. The van der Waals surface area contributed by atoms with Crippen LogP contribution in [0.1, 0.15) is 18.6 Å². The molecule has 0 bridgehead atoms. The van der Waals surface area contributed by atoms with Gasteiger partial charge in [-0.15, -0.1) is 0 Å². The molecule has 0 aromatic carbocycles. The van der Waals surface area contributed by atoms with Gasteiger partial charge in [0.25, 0.3) is 5.56 Å². The monoisotopic (exact) mass is 368 g/mol. The normalized spacial score (nSPS) is 16.7. The molecule has 0 amide bonds. The lowest BCUT2D eigenvalue weighted by Crippen LogP contribution is -2.39. The predicted molar refractivity (Wildman–Crippen MR) is 103 cm³/mol. The maximum Gasteiger partial charge on any atom is 0.266 e. The van der Waals surface area contributed by atoms with Crippen molar-refractivity contribution in [3.63, 3.8) is 0 Å². The highest BCUT2D eigenvalue weighted by atomic mass is 16.5. The Hall–Kier alpha value is -2.48. The van der Waals surface area contributed by atoms with E-state index in [1.54, 1.807) is 19.1 Å². The first-order valence-electron chi connectivity index (χ1n) is 9.30. The Morgan fingerprint density at radius 1 is 1.19 bits per heavy atom. The Morgan fingerprint density at radius 3 is 2.78 bits per heavy atom. The third kappa shape index (κ3) is 3.66. The van der Waals surface area contributed by atoms with Crippen LogP contribution in [0, 0.1) is 0 Å². The van der Waals surface area contributed by atoms with Gasteiger partial charge in [0.2, 0.25) is 0 Å². The number of aromatic nitrogens is 3. The summed E-state index contributed by atoms with van der Waals surface area (Å²) < 4.78 is 8.88. The third-order valence-corrected chi connectivity index (χ3v) is 5.00. The summed E-state index contributed by atoms with van der Waals surface area (Å²) in [5, 5.41) is 14.8. The van der Waals surface area contributed by atoms with Crippen LogP contribution in [0.15, 0.2) is 47.4 Å². The molecule has 7 nitrogen and oxygen atoms in total. The molecule has 27 heavy (non-hydrogen) atoms. The van der Waals surface area contributed by atoms with E-state index in [-0.39, 0.29) is 5.56 Å². The van der Waals surface area contributed by atoms with E-state index in [0.717, 1.165) is 49.6 Å². The molecule has 0 aliphatic carbocycles. The van der Waals surface area contributed by atoms with Gasteiger partial charge < -0.3 is 14.2 Å². The molecule has 1 aliphatic rings. The minimum absolute atomic E-state index is 0.119. The fraction of sp³-hybridized carbons (Fsp3) is 0.400. The maximum absolute atomic E-state index is 12.3. The highest BCUT2D eigenvalue weighted by Gasteiger charge is 2.18. The molecule has 1 fully saturated rings. The number of pyridine rings is 1. The van der Waals surface area contributed by atoms with E-state index in [4.69, 9.17) is 4.74 Å². The second-order valence-electron chi connectivity index (χ2n) is 6.85. The van der Waals surface area contributed by atoms with Crippen LogP contribution < -0.4 is 5.56 Å². The highest BCUT2D eigenvalue weighted by Crippen LogP contribution is 2.30. The Kier molecular flexibility index (Phi) is 5.07. The van der Waals surface area contributed by atoms with E-state index < -0.39 is 6.10 Å². The van der Waals surface area contributed by atoms with Gasteiger partial charge in [-0.25, -0.2) is 4.68 Å². The van der Waals surface area contributed by atoms with E-state index in [9.17, 15) is 9.90 Å². The number of aliphatic hydroxyl groups excluding tert-OH is 1. The van der Waals surface area contributed by atoms with Crippen molar-refractivity contribution in [3.8, 4) is 11.4 Å². The van der Waals surface area contributed by atoms with Crippen LogP contribution in [0.3, 0.4) is 0 Å². The fourth-order valence-electron chi connectivity index (χ4n) is 3.53. The van der Waals surface area contributed by atoms with E-state index in [1.807, 2.05) is 34.9 Å². The number of hydrogen-bond acceptors (Lipinski definition) is 5. The van der Waals surface area contributed by atoms with E-state index in [2.05, 4.69) is 10.00 Å². The summed E-state index contributed by atoms with van der Waals surface area (Å²) in [4.78, 5) is 14.6. The van der Waals surface area contributed by atoms with Crippen molar-refractivity contribution >= 4 is 5.52 Å². The number of aliphatic hydroxyl groups is 1. The summed E-state index contributed by atoms with van der Waals surface area (Å²) in [6.07, 6.45) is 1.32. The number of rotatable bonds is 5. The van der Waals surface area contributed by atoms with E-state index in [0.29, 0.717) is 12.2 Å². The van der Waals surface area contributed by atoms with Gasteiger partial charge in [0.15, 0.2) is 0 Å². The van der Waals surface area contributed by atoms with Gasteiger partial charge in [0.05, 0.1) is 31.6 Å². The van der Waals surface area contributed by atoms with Crippen molar-refractivity contribution in [2.45, 2.75) is 19.6 Å². The number of nitrogens with zero attached hydrogens (tertiary/aromatic N) is 4. The molecule has 1 atom stereocenters. The third-order valence-electron chi connectivity index (χ3n) is 5.00. The number of hydrogen-bond donors (Lipinski definition) is 1. The quantitative estimate of drug-likeness (QED) is 0.740. The van der Waals surface area contributed by atoms with E-state index >= 15 is 0 Å². The second-order valence-corrected chi connectivity index (χ2v) is 6.85. The Labute approximate surface area is 157 Å².